The summed E-state index contributed by atoms with van der Waals surface area (Å²) in [5.41, 5.74) is 1.23. The summed E-state index contributed by atoms with van der Waals surface area (Å²) in [4.78, 5) is 25.5. The molecule has 1 aliphatic heterocycles. The van der Waals surface area contributed by atoms with E-state index in [0.29, 0.717) is 48.1 Å². The normalized spacial score (nSPS) is 20.5. The second-order valence-corrected chi connectivity index (χ2v) is 8.51. The Morgan fingerprint density at radius 1 is 1.03 bits per heavy atom. The molecule has 1 amide bonds. The molecule has 1 fully saturated rings. The van der Waals surface area contributed by atoms with E-state index >= 15 is 0 Å². The van der Waals surface area contributed by atoms with Crippen molar-refractivity contribution in [3.05, 3.63) is 52.8 Å². The van der Waals surface area contributed by atoms with Crippen molar-refractivity contribution in [2.75, 3.05) is 18.5 Å². The molecule has 0 radical (unpaired) electrons. The van der Waals surface area contributed by atoms with Gasteiger partial charge in [0, 0.05) is 30.6 Å². The highest BCUT2D eigenvalue weighted by Crippen LogP contribution is 2.34. The third-order valence-electron chi connectivity index (χ3n) is 6.29. The highest BCUT2D eigenvalue weighted by Gasteiger charge is 2.27. The summed E-state index contributed by atoms with van der Waals surface area (Å²) in [7, 11) is 0. The van der Waals surface area contributed by atoms with Gasteiger partial charge in [0.1, 0.15) is 5.52 Å². The Balaban J connectivity index is 1.18. The predicted molar refractivity (Wildman–Crippen MR) is 120 cm³/mol. The lowest BCUT2D eigenvalue weighted by atomic mass is 9.81. The molecule has 0 saturated heterocycles. The van der Waals surface area contributed by atoms with Gasteiger partial charge in [0.15, 0.2) is 11.5 Å². The molecule has 3 aromatic rings. The minimum atomic E-state index is -0.107. The van der Waals surface area contributed by atoms with Gasteiger partial charge >= 0.3 is 0 Å². The molecule has 1 aromatic heterocycles. The monoisotopic (exact) mass is 434 g/mol. The van der Waals surface area contributed by atoms with E-state index in [1.54, 1.807) is 12.1 Å². The molecule has 0 atom stereocenters. The topological polar surface area (TPSA) is 95.3 Å². The first kappa shape index (κ1) is 20.5. The summed E-state index contributed by atoms with van der Waals surface area (Å²) in [5.74, 6) is 1.69. The molecule has 2 aromatic carbocycles. The molecule has 0 spiro atoms. The molecule has 1 aliphatic carbocycles. The van der Waals surface area contributed by atoms with Crippen molar-refractivity contribution < 1.29 is 14.3 Å². The highest BCUT2D eigenvalue weighted by molar-refractivity contribution is 5.93. The summed E-state index contributed by atoms with van der Waals surface area (Å²) in [6.07, 6.45) is 4.17. The zero-order chi connectivity index (χ0) is 21.9. The van der Waals surface area contributed by atoms with Crippen LogP contribution >= 0.6 is 0 Å². The summed E-state index contributed by atoms with van der Waals surface area (Å²) >= 11 is 0. The van der Waals surface area contributed by atoms with Crippen LogP contribution < -0.4 is 20.3 Å². The van der Waals surface area contributed by atoms with Crippen LogP contribution in [0.25, 0.3) is 10.9 Å². The molecule has 8 heteroatoms. The van der Waals surface area contributed by atoms with Crippen LogP contribution in [0.15, 0.2) is 47.3 Å². The van der Waals surface area contributed by atoms with Crippen molar-refractivity contribution in [1.82, 2.24) is 15.0 Å². The van der Waals surface area contributed by atoms with Gasteiger partial charge in [-0.15, -0.1) is 5.10 Å². The maximum atomic E-state index is 12.8. The smallest absolute Gasteiger partial charge is 0.277 e. The Morgan fingerprint density at radius 3 is 2.66 bits per heavy atom. The molecule has 2 aliphatic rings. The number of hydrogen-bond donors (Lipinski definition) is 1. The number of hydrogen-bond acceptors (Lipinski definition) is 6. The Bertz CT molecular complexity index is 1180. The number of aromatic nitrogens is 3. The molecule has 0 bridgehead atoms. The van der Waals surface area contributed by atoms with E-state index < -0.39 is 0 Å². The number of anilines is 1. The van der Waals surface area contributed by atoms with Crippen LogP contribution in [-0.2, 0) is 11.3 Å². The largest absolute Gasteiger partial charge is 0.490 e. The van der Waals surface area contributed by atoms with Crippen LogP contribution in [0.4, 0.5) is 5.69 Å². The van der Waals surface area contributed by atoms with Gasteiger partial charge in [-0.05, 0) is 55.9 Å². The minimum absolute atomic E-state index is 0.0283. The molecule has 2 heterocycles. The zero-order valence-corrected chi connectivity index (χ0v) is 17.8. The Labute approximate surface area is 185 Å². The molecule has 32 heavy (non-hydrogen) atoms. The SMILES string of the molecule is O=C(Nc1ccc2c(c1)OCCCO2)C1CCC(Cn2nnc3ccccc3c2=O)CC1. The van der Waals surface area contributed by atoms with Crippen LogP contribution in [0.5, 0.6) is 11.5 Å². The van der Waals surface area contributed by atoms with Crippen molar-refractivity contribution in [2.24, 2.45) is 11.8 Å². The Hall–Kier alpha value is -3.42. The number of nitrogens with one attached hydrogen (secondary N) is 1. The van der Waals surface area contributed by atoms with Crippen molar-refractivity contribution in [2.45, 2.75) is 38.6 Å². The molecule has 0 unspecified atom stereocenters. The fourth-order valence-electron chi connectivity index (χ4n) is 4.48. The number of rotatable bonds is 4. The molecular formula is C24H26N4O4. The Kier molecular flexibility index (Phi) is 5.75. The standard InChI is InChI=1S/C24H26N4O4/c29-23(25-18-10-11-21-22(14-18)32-13-3-12-31-21)17-8-6-16(7-9-17)15-28-24(30)19-4-1-2-5-20(19)26-27-28/h1-2,4-5,10-11,14,16-17H,3,6-9,12-13,15H2,(H,25,29). The lowest BCUT2D eigenvalue weighted by molar-refractivity contribution is -0.121. The first-order valence-electron chi connectivity index (χ1n) is 11.2. The van der Waals surface area contributed by atoms with Crippen LogP contribution in [0.1, 0.15) is 32.1 Å². The third kappa shape index (κ3) is 4.30. The molecular weight excluding hydrogens is 408 g/mol. The van der Waals surface area contributed by atoms with Gasteiger partial charge in [0.05, 0.1) is 18.6 Å². The maximum Gasteiger partial charge on any atom is 0.277 e. The lowest BCUT2D eigenvalue weighted by Gasteiger charge is -2.27. The highest BCUT2D eigenvalue weighted by atomic mass is 16.5. The Morgan fingerprint density at radius 2 is 1.81 bits per heavy atom. The summed E-state index contributed by atoms with van der Waals surface area (Å²) in [6.45, 7) is 1.78. The molecule has 166 valence electrons. The minimum Gasteiger partial charge on any atom is -0.490 e. The van der Waals surface area contributed by atoms with Gasteiger partial charge < -0.3 is 14.8 Å². The average Bonchev–Trinajstić information content (AvgIpc) is 3.06. The van der Waals surface area contributed by atoms with E-state index in [0.717, 1.165) is 37.8 Å². The first-order valence-corrected chi connectivity index (χ1v) is 11.2. The van der Waals surface area contributed by atoms with E-state index in [1.165, 1.54) is 4.68 Å². The second kappa shape index (κ2) is 8.98. The van der Waals surface area contributed by atoms with Crippen LogP contribution in [0.3, 0.4) is 0 Å². The number of fused-ring (bicyclic) bond motifs is 2. The van der Waals surface area contributed by atoms with E-state index in [4.69, 9.17) is 9.47 Å². The van der Waals surface area contributed by atoms with E-state index in [-0.39, 0.29) is 17.4 Å². The van der Waals surface area contributed by atoms with Gasteiger partial charge in [0.2, 0.25) is 5.91 Å². The van der Waals surface area contributed by atoms with Crippen LogP contribution in [-0.4, -0.2) is 34.1 Å². The average molecular weight is 434 g/mol. The summed E-state index contributed by atoms with van der Waals surface area (Å²) in [5, 5.41) is 11.9. The van der Waals surface area contributed by atoms with E-state index in [1.807, 2.05) is 30.3 Å². The van der Waals surface area contributed by atoms with Crippen molar-refractivity contribution >= 4 is 22.5 Å². The maximum absolute atomic E-state index is 12.8. The quantitative estimate of drug-likeness (QED) is 0.676. The number of nitrogens with zero attached hydrogens (tertiary/aromatic N) is 3. The predicted octanol–water partition coefficient (Wildman–Crippen LogP) is 3.40. The number of benzene rings is 2. The zero-order valence-electron chi connectivity index (χ0n) is 17.8. The molecule has 1 saturated carbocycles. The number of carbonyl (C=O) groups excluding carboxylic acids is 1. The number of carbonyl (C=O) groups is 1. The summed E-state index contributed by atoms with van der Waals surface area (Å²) < 4.78 is 12.8. The number of amides is 1. The van der Waals surface area contributed by atoms with Gasteiger partial charge in [-0.2, -0.15) is 0 Å². The van der Waals surface area contributed by atoms with Gasteiger partial charge in [-0.25, -0.2) is 4.68 Å². The summed E-state index contributed by atoms with van der Waals surface area (Å²) in [6, 6.07) is 12.8. The van der Waals surface area contributed by atoms with E-state index in [9.17, 15) is 9.59 Å². The van der Waals surface area contributed by atoms with Crippen LogP contribution in [0.2, 0.25) is 0 Å². The molecule has 5 rings (SSSR count). The fraction of sp³-hybridized carbons (Fsp3) is 0.417. The van der Waals surface area contributed by atoms with Gasteiger partial charge in [-0.3, -0.25) is 9.59 Å². The van der Waals surface area contributed by atoms with Gasteiger partial charge in [0.25, 0.3) is 5.56 Å². The fourth-order valence-corrected chi connectivity index (χ4v) is 4.48. The third-order valence-corrected chi connectivity index (χ3v) is 6.29. The van der Waals surface area contributed by atoms with Crippen molar-refractivity contribution in [3.8, 4) is 11.5 Å². The molecule has 8 nitrogen and oxygen atoms in total. The van der Waals surface area contributed by atoms with Crippen molar-refractivity contribution in [3.63, 3.8) is 0 Å². The van der Waals surface area contributed by atoms with Gasteiger partial charge in [-0.1, -0.05) is 17.3 Å². The first-order chi connectivity index (χ1) is 15.7. The number of ether oxygens (including phenoxy) is 2. The van der Waals surface area contributed by atoms with E-state index in [2.05, 4.69) is 15.6 Å². The second-order valence-electron chi connectivity index (χ2n) is 8.51. The van der Waals surface area contributed by atoms with Crippen molar-refractivity contribution in [1.29, 1.82) is 0 Å². The lowest BCUT2D eigenvalue weighted by Crippen LogP contribution is -2.32. The van der Waals surface area contributed by atoms with Crippen LogP contribution in [0, 0.1) is 11.8 Å². The molecule has 1 N–H and O–H groups in total.